The molecule has 0 unspecified atom stereocenters. The number of carbonyl (C=O) groups is 3. The van der Waals surface area contributed by atoms with Gasteiger partial charge in [0, 0.05) is 38.4 Å². The van der Waals surface area contributed by atoms with E-state index in [4.69, 9.17) is 14.2 Å². The lowest BCUT2D eigenvalue weighted by atomic mass is 10.2. The molecule has 1 amide bonds. The van der Waals surface area contributed by atoms with Crippen LogP contribution in [0.4, 0.5) is 29.6 Å². The quantitative estimate of drug-likeness (QED) is 0.157. The molecule has 0 N–H and O–H groups in total. The second kappa shape index (κ2) is 12.2. The van der Waals surface area contributed by atoms with Gasteiger partial charge in [0.05, 0.1) is 25.4 Å². The van der Waals surface area contributed by atoms with E-state index in [0.29, 0.717) is 12.8 Å². The molecule has 10 nitrogen and oxygen atoms in total. The molecule has 2 aliphatic rings. The number of hydrogen-bond donors (Lipinski definition) is 0. The van der Waals surface area contributed by atoms with Crippen molar-refractivity contribution in [3.63, 3.8) is 0 Å². The summed E-state index contributed by atoms with van der Waals surface area (Å²) in [5.74, 6) is -1.94. The van der Waals surface area contributed by atoms with Crippen LogP contribution in [0.3, 0.4) is 0 Å². The topological polar surface area (TPSA) is 102 Å². The fraction of sp³-hybridized carbons (Fsp3) is 0.583. The SMILES string of the molecule is CCOC(=O)C(=CN(c1ccc(C(F)(F)F)c(N2CCN(C(=O)OCC)CC2)n1)C1CC1)C(=O)OCC. The molecule has 0 atom stereocenters. The fourth-order valence-corrected chi connectivity index (χ4v) is 3.82. The summed E-state index contributed by atoms with van der Waals surface area (Å²) in [5.41, 5.74) is -1.29. The van der Waals surface area contributed by atoms with E-state index in [1.54, 1.807) is 20.8 Å². The standard InChI is InChI=1S/C24H31F3N4O6/c1-4-35-21(32)17(22(33)36-5-2)15-31(16-7-8-16)19-10-9-18(24(25,26)27)20(28-19)29-11-13-30(14-12-29)23(34)37-6-3/h9-10,15-16H,4-8,11-14H2,1-3H3. The molecule has 1 aromatic rings. The second-order valence-corrected chi connectivity index (χ2v) is 8.33. The molecule has 37 heavy (non-hydrogen) atoms. The summed E-state index contributed by atoms with van der Waals surface area (Å²) in [6.07, 6.45) is -2.54. The number of amides is 1. The van der Waals surface area contributed by atoms with Gasteiger partial charge in [-0.25, -0.2) is 19.4 Å². The zero-order valence-corrected chi connectivity index (χ0v) is 21.0. The first kappa shape index (κ1) is 28.1. The van der Waals surface area contributed by atoms with Crippen molar-refractivity contribution in [2.24, 2.45) is 0 Å². The number of nitrogens with zero attached hydrogens (tertiary/aromatic N) is 4. The molecular weight excluding hydrogens is 497 g/mol. The van der Waals surface area contributed by atoms with Gasteiger partial charge in [-0.2, -0.15) is 13.2 Å². The van der Waals surface area contributed by atoms with Gasteiger partial charge in [0.15, 0.2) is 5.57 Å². The van der Waals surface area contributed by atoms with Crippen molar-refractivity contribution in [2.45, 2.75) is 45.8 Å². The number of hydrogen-bond acceptors (Lipinski definition) is 9. The highest BCUT2D eigenvalue weighted by atomic mass is 19.4. The smallest absolute Gasteiger partial charge is 0.419 e. The van der Waals surface area contributed by atoms with Crippen LogP contribution in [0.5, 0.6) is 0 Å². The molecule has 1 aliphatic heterocycles. The lowest BCUT2D eigenvalue weighted by Gasteiger charge is -2.36. The van der Waals surface area contributed by atoms with Crippen LogP contribution in [0.2, 0.25) is 0 Å². The third kappa shape index (κ3) is 7.04. The number of alkyl halides is 3. The van der Waals surface area contributed by atoms with Gasteiger partial charge in [0.2, 0.25) is 0 Å². The third-order valence-electron chi connectivity index (χ3n) is 5.73. The van der Waals surface area contributed by atoms with Gasteiger partial charge in [-0.1, -0.05) is 0 Å². The first-order valence-electron chi connectivity index (χ1n) is 12.2. The van der Waals surface area contributed by atoms with E-state index in [-0.39, 0.29) is 69.3 Å². The van der Waals surface area contributed by atoms with Crippen molar-refractivity contribution < 1.29 is 41.8 Å². The van der Waals surface area contributed by atoms with E-state index in [1.165, 1.54) is 27.0 Å². The average Bonchev–Trinajstić information content (AvgIpc) is 3.69. The minimum absolute atomic E-state index is 0.0272. The maximum atomic E-state index is 13.9. The molecule has 0 aromatic carbocycles. The first-order chi connectivity index (χ1) is 17.6. The molecule has 1 aromatic heterocycles. The zero-order chi connectivity index (χ0) is 27.2. The molecule has 13 heteroatoms. The predicted octanol–water partition coefficient (Wildman–Crippen LogP) is 3.36. The van der Waals surface area contributed by atoms with E-state index in [9.17, 15) is 27.6 Å². The van der Waals surface area contributed by atoms with Crippen LogP contribution in [-0.4, -0.2) is 80.0 Å². The number of anilines is 2. The van der Waals surface area contributed by atoms with Gasteiger partial charge in [0.1, 0.15) is 11.6 Å². The van der Waals surface area contributed by atoms with Crippen LogP contribution >= 0.6 is 0 Å². The second-order valence-electron chi connectivity index (χ2n) is 8.33. The largest absolute Gasteiger partial charge is 0.462 e. The van der Waals surface area contributed by atoms with Crippen molar-refractivity contribution in [2.75, 3.05) is 55.8 Å². The van der Waals surface area contributed by atoms with E-state index in [2.05, 4.69) is 4.98 Å². The lowest BCUT2D eigenvalue weighted by Crippen LogP contribution is -2.49. The highest BCUT2D eigenvalue weighted by Gasteiger charge is 2.39. The number of rotatable bonds is 9. The van der Waals surface area contributed by atoms with E-state index >= 15 is 0 Å². The molecule has 3 rings (SSSR count). The van der Waals surface area contributed by atoms with Crippen molar-refractivity contribution in [3.05, 3.63) is 29.5 Å². The molecule has 0 bridgehead atoms. The summed E-state index contributed by atoms with van der Waals surface area (Å²) >= 11 is 0. The number of piperazine rings is 1. The van der Waals surface area contributed by atoms with Crippen LogP contribution < -0.4 is 9.80 Å². The van der Waals surface area contributed by atoms with Crippen LogP contribution in [0, 0.1) is 0 Å². The summed E-state index contributed by atoms with van der Waals surface area (Å²) in [6, 6.07) is 1.99. The number of carbonyl (C=O) groups excluding carboxylic acids is 3. The summed E-state index contributed by atoms with van der Waals surface area (Å²) < 4.78 is 56.7. The third-order valence-corrected chi connectivity index (χ3v) is 5.73. The highest BCUT2D eigenvalue weighted by Crippen LogP contribution is 2.39. The van der Waals surface area contributed by atoms with Crippen molar-refractivity contribution >= 4 is 29.7 Å². The molecule has 2 fully saturated rings. The summed E-state index contributed by atoms with van der Waals surface area (Å²) in [7, 11) is 0. The first-order valence-corrected chi connectivity index (χ1v) is 12.2. The van der Waals surface area contributed by atoms with Gasteiger partial charge in [-0.05, 0) is 45.7 Å². The Labute approximate surface area is 212 Å². The van der Waals surface area contributed by atoms with Gasteiger partial charge in [0.25, 0.3) is 0 Å². The van der Waals surface area contributed by atoms with Gasteiger partial charge in [-0.3, -0.25) is 0 Å². The summed E-state index contributed by atoms with van der Waals surface area (Å²) in [6.45, 7) is 5.69. The molecule has 1 aliphatic carbocycles. The lowest BCUT2D eigenvalue weighted by molar-refractivity contribution is -0.146. The maximum absolute atomic E-state index is 13.9. The Balaban J connectivity index is 1.97. The summed E-state index contributed by atoms with van der Waals surface area (Å²) in [4.78, 5) is 45.7. The van der Waals surface area contributed by atoms with Gasteiger partial charge in [-0.15, -0.1) is 0 Å². The van der Waals surface area contributed by atoms with Crippen molar-refractivity contribution in [1.82, 2.24) is 9.88 Å². The Morgan fingerprint density at radius 1 is 0.973 bits per heavy atom. The molecule has 204 valence electrons. The Kier molecular flexibility index (Phi) is 9.22. The minimum atomic E-state index is -4.67. The highest BCUT2D eigenvalue weighted by molar-refractivity contribution is 6.14. The normalized spacial score (nSPS) is 15.6. The molecule has 1 saturated heterocycles. The van der Waals surface area contributed by atoms with Crippen LogP contribution in [0.25, 0.3) is 0 Å². The maximum Gasteiger partial charge on any atom is 0.419 e. The Morgan fingerprint density at radius 2 is 1.54 bits per heavy atom. The monoisotopic (exact) mass is 528 g/mol. The Bertz CT molecular complexity index is 1000. The number of esters is 2. The van der Waals surface area contributed by atoms with E-state index in [1.807, 2.05) is 0 Å². The molecular formula is C24H31F3N4O6. The molecule has 1 saturated carbocycles. The van der Waals surface area contributed by atoms with Crippen molar-refractivity contribution in [3.8, 4) is 0 Å². The predicted molar refractivity (Wildman–Crippen MR) is 127 cm³/mol. The zero-order valence-electron chi connectivity index (χ0n) is 21.0. The molecule has 0 radical (unpaired) electrons. The number of halogens is 3. The minimum Gasteiger partial charge on any atom is -0.462 e. The van der Waals surface area contributed by atoms with Crippen LogP contribution in [0.1, 0.15) is 39.2 Å². The van der Waals surface area contributed by atoms with E-state index < -0.39 is 29.8 Å². The number of pyridine rings is 1. The Hall–Kier alpha value is -3.51. The van der Waals surface area contributed by atoms with Crippen molar-refractivity contribution in [1.29, 1.82) is 0 Å². The fourth-order valence-electron chi connectivity index (χ4n) is 3.82. The summed E-state index contributed by atoms with van der Waals surface area (Å²) in [5, 5.41) is 0. The average molecular weight is 529 g/mol. The van der Waals surface area contributed by atoms with Crippen LogP contribution in [0.15, 0.2) is 23.9 Å². The van der Waals surface area contributed by atoms with E-state index in [0.717, 1.165) is 6.07 Å². The number of aromatic nitrogens is 1. The van der Waals surface area contributed by atoms with Gasteiger partial charge < -0.3 is 28.9 Å². The van der Waals surface area contributed by atoms with Gasteiger partial charge >= 0.3 is 24.2 Å². The number of ether oxygens (including phenoxy) is 3. The molecule has 2 heterocycles. The van der Waals surface area contributed by atoms with Crippen LogP contribution in [-0.2, 0) is 30.0 Å². The molecule has 0 spiro atoms. The Morgan fingerprint density at radius 3 is 2.03 bits per heavy atom.